The van der Waals surface area contributed by atoms with Crippen molar-refractivity contribution in [2.24, 2.45) is 0 Å². The SMILES string of the molecule is CCCn1c(SCc2nc(-c3cccc(OC)c3)no2)nc2ccc(Br)cc2c1=O. The monoisotopic (exact) mass is 486 g/mol. The molecule has 0 atom stereocenters. The maximum absolute atomic E-state index is 13.0. The molecule has 2 aromatic carbocycles. The third-order valence-electron chi connectivity index (χ3n) is 4.45. The second-order valence-electron chi connectivity index (χ2n) is 6.54. The van der Waals surface area contributed by atoms with Crippen LogP contribution in [0.4, 0.5) is 0 Å². The Morgan fingerprint density at radius 2 is 2.07 bits per heavy atom. The molecule has 0 aliphatic heterocycles. The molecule has 2 aromatic heterocycles. The molecule has 7 nitrogen and oxygen atoms in total. The Balaban J connectivity index is 1.60. The highest BCUT2D eigenvalue weighted by molar-refractivity contribution is 9.10. The fraction of sp³-hybridized carbons (Fsp3) is 0.238. The van der Waals surface area contributed by atoms with Crippen molar-refractivity contribution < 1.29 is 9.26 Å². The molecule has 0 bridgehead atoms. The first-order valence-corrected chi connectivity index (χ1v) is 11.2. The van der Waals surface area contributed by atoms with Crippen LogP contribution in [-0.2, 0) is 12.3 Å². The van der Waals surface area contributed by atoms with Gasteiger partial charge < -0.3 is 9.26 Å². The topological polar surface area (TPSA) is 83.0 Å². The molecule has 9 heteroatoms. The smallest absolute Gasteiger partial charge is 0.262 e. The summed E-state index contributed by atoms with van der Waals surface area (Å²) in [5.74, 6) is 2.09. The van der Waals surface area contributed by atoms with Gasteiger partial charge in [-0.2, -0.15) is 4.98 Å². The van der Waals surface area contributed by atoms with Crippen molar-refractivity contribution in [3.8, 4) is 17.1 Å². The maximum atomic E-state index is 13.0. The summed E-state index contributed by atoms with van der Waals surface area (Å²) in [4.78, 5) is 22.1. The maximum Gasteiger partial charge on any atom is 0.262 e. The molecule has 2 heterocycles. The van der Waals surface area contributed by atoms with Crippen LogP contribution in [0.1, 0.15) is 19.2 Å². The number of rotatable bonds is 7. The lowest BCUT2D eigenvalue weighted by molar-refractivity contribution is 0.391. The van der Waals surface area contributed by atoms with E-state index < -0.39 is 0 Å². The molecule has 0 aliphatic rings. The van der Waals surface area contributed by atoms with Crippen molar-refractivity contribution in [3.05, 3.63) is 63.2 Å². The Morgan fingerprint density at radius 1 is 1.20 bits per heavy atom. The lowest BCUT2D eigenvalue weighted by Gasteiger charge is -2.11. The van der Waals surface area contributed by atoms with Crippen LogP contribution in [0, 0.1) is 0 Å². The Kier molecular flexibility index (Phi) is 6.19. The summed E-state index contributed by atoms with van der Waals surface area (Å²) in [7, 11) is 1.61. The summed E-state index contributed by atoms with van der Waals surface area (Å²) in [5, 5.41) is 5.30. The van der Waals surface area contributed by atoms with Gasteiger partial charge in [0.1, 0.15) is 5.75 Å². The van der Waals surface area contributed by atoms with E-state index >= 15 is 0 Å². The van der Waals surface area contributed by atoms with Crippen LogP contribution in [-0.4, -0.2) is 26.8 Å². The minimum absolute atomic E-state index is 0.0479. The van der Waals surface area contributed by atoms with Gasteiger partial charge in [-0.05, 0) is 36.8 Å². The number of methoxy groups -OCH3 is 1. The van der Waals surface area contributed by atoms with Crippen LogP contribution in [0.3, 0.4) is 0 Å². The van der Waals surface area contributed by atoms with E-state index in [2.05, 4.69) is 26.1 Å². The molecule has 0 aliphatic carbocycles. The molecule has 0 amide bonds. The van der Waals surface area contributed by atoms with Gasteiger partial charge in [-0.25, -0.2) is 4.98 Å². The van der Waals surface area contributed by atoms with Crippen molar-refractivity contribution >= 4 is 38.6 Å². The van der Waals surface area contributed by atoms with Crippen molar-refractivity contribution in [2.45, 2.75) is 30.8 Å². The summed E-state index contributed by atoms with van der Waals surface area (Å²) in [5.41, 5.74) is 1.43. The highest BCUT2D eigenvalue weighted by atomic mass is 79.9. The molecule has 0 radical (unpaired) electrons. The van der Waals surface area contributed by atoms with Gasteiger partial charge in [0.15, 0.2) is 5.16 Å². The number of benzene rings is 2. The van der Waals surface area contributed by atoms with Gasteiger partial charge in [0.25, 0.3) is 5.56 Å². The predicted octanol–water partition coefficient (Wildman–Crippen LogP) is 4.92. The summed E-state index contributed by atoms with van der Waals surface area (Å²) in [6.07, 6.45) is 0.829. The van der Waals surface area contributed by atoms with E-state index in [0.717, 1.165) is 22.2 Å². The zero-order valence-electron chi connectivity index (χ0n) is 16.5. The Bertz CT molecular complexity index is 1250. The average Bonchev–Trinajstić information content (AvgIpc) is 3.24. The van der Waals surface area contributed by atoms with E-state index in [-0.39, 0.29) is 5.56 Å². The third kappa shape index (κ3) is 4.27. The average molecular weight is 487 g/mol. The second kappa shape index (κ2) is 9.01. The van der Waals surface area contributed by atoms with E-state index in [1.807, 2.05) is 49.4 Å². The third-order valence-corrected chi connectivity index (χ3v) is 5.90. The normalized spacial score (nSPS) is 11.2. The van der Waals surface area contributed by atoms with E-state index in [1.165, 1.54) is 11.8 Å². The van der Waals surface area contributed by atoms with Crippen LogP contribution in [0.25, 0.3) is 22.3 Å². The first-order valence-electron chi connectivity index (χ1n) is 9.39. The first-order chi connectivity index (χ1) is 14.6. The van der Waals surface area contributed by atoms with Crippen LogP contribution in [0.15, 0.2) is 61.4 Å². The Hall–Kier alpha value is -2.65. The number of halogens is 1. The number of thioether (sulfide) groups is 1. The summed E-state index contributed by atoms with van der Waals surface area (Å²) in [6.45, 7) is 2.62. The quantitative estimate of drug-likeness (QED) is 0.270. The molecule has 0 saturated heterocycles. The minimum atomic E-state index is -0.0479. The van der Waals surface area contributed by atoms with Crippen LogP contribution < -0.4 is 10.3 Å². The van der Waals surface area contributed by atoms with E-state index in [4.69, 9.17) is 14.2 Å². The fourth-order valence-corrected chi connectivity index (χ4v) is 4.25. The standard InChI is InChI=1S/C21H19BrN4O3S/c1-3-9-26-20(27)16-11-14(22)7-8-17(16)23-21(26)30-12-18-24-19(25-29-18)13-5-4-6-15(10-13)28-2/h4-8,10-11H,3,9,12H2,1-2H3. The highest BCUT2D eigenvalue weighted by Crippen LogP contribution is 2.25. The van der Waals surface area contributed by atoms with Gasteiger partial charge in [0, 0.05) is 16.6 Å². The molecule has 154 valence electrons. The Labute approximate surface area is 185 Å². The van der Waals surface area contributed by atoms with Gasteiger partial charge >= 0.3 is 0 Å². The lowest BCUT2D eigenvalue weighted by atomic mass is 10.2. The van der Waals surface area contributed by atoms with E-state index in [1.54, 1.807) is 11.7 Å². The Morgan fingerprint density at radius 3 is 2.87 bits per heavy atom. The molecule has 0 N–H and O–H groups in total. The van der Waals surface area contributed by atoms with Gasteiger partial charge in [-0.1, -0.05) is 51.9 Å². The summed E-state index contributed by atoms with van der Waals surface area (Å²) < 4.78 is 13.2. The predicted molar refractivity (Wildman–Crippen MR) is 120 cm³/mol. The van der Waals surface area contributed by atoms with Gasteiger partial charge in [-0.3, -0.25) is 9.36 Å². The zero-order valence-corrected chi connectivity index (χ0v) is 18.9. The number of fused-ring (bicyclic) bond motifs is 1. The highest BCUT2D eigenvalue weighted by Gasteiger charge is 2.15. The fourth-order valence-electron chi connectivity index (χ4n) is 3.02. The number of nitrogens with zero attached hydrogens (tertiary/aromatic N) is 4. The summed E-state index contributed by atoms with van der Waals surface area (Å²) >= 11 is 4.83. The molecule has 0 fully saturated rings. The second-order valence-corrected chi connectivity index (χ2v) is 8.40. The minimum Gasteiger partial charge on any atom is -0.497 e. The van der Waals surface area contributed by atoms with E-state index in [9.17, 15) is 4.79 Å². The van der Waals surface area contributed by atoms with Crippen LogP contribution in [0.2, 0.25) is 0 Å². The molecule has 0 spiro atoms. The molecular formula is C21H19BrN4O3S. The van der Waals surface area contributed by atoms with Crippen LogP contribution >= 0.6 is 27.7 Å². The summed E-state index contributed by atoms with van der Waals surface area (Å²) in [6, 6.07) is 13.0. The molecule has 0 unspecified atom stereocenters. The number of ether oxygens (including phenoxy) is 1. The van der Waals surface area contributed by atoms with Crippen molar-refractivity contribution in [2.75, 3.05) is 7.11 Å². The van der Waals surface area contributed by atoms with Crippen molar-refractivity contribution in [1.29, 1.82) is 0 Å². The van der Waals surface area contributed by atoms with Crippen molar-refractivity contribution in [3.63, 3.8) is 0 Å². The van der Waals surface area contributed by atoms with Gasteiger partial charge in [0.05, 0.1) is 23.8 Å². The molecule has 4 aromatic rings. The number of hydrogen-bond donors (Lipinski definition) is 0. The van der Waals surface area contributed by atoms with Crippen LogP contribution in [0.5, 0.6) is 5.75 Å². The van der Waals surface area contributed by atoms with Crippen molar-refractivity contribution in [1.82, 2.24) is 19.7 Å². The molecule has 4 rings (SSSR count). The zero-order chi connectivity index (χ0) is 21.1. The molecule has 30 heavy (non-hydrogen) atoms. The lowest BCUT2D eigenvalue weighted by Crippen LogP contribution is -2.23. The largest absolute Gasteiger partial charge is 0.497 e. The molecular weight excluding hydrogens is 468 g/mol. The molecule has 0 saturated carbocycles. The van der Waals surface area contributed by atoms with Gasteiger partial charge in [-0.15, -0.1) is 0 Å². The number of aromatic nitrogens is 4. The van der Waals surface area contributed by atoms with E-state index in [0.29, 0.717) is 40.1 Å². The number of hydrogen-bond acceptors (Lipinski definition) is 7. The van der Waals surface area contributed by atoms with Gasteiger partial charge in [0.2, 0.25) is 11.7 Å². The first kappa shape index (κ1) is 20.6.